The van der Waals surface area contributed by atoms with Crippen molar-refractivity contribution in [2.45, 2.75) is 24.8 Å². The smallest absolute Gasteiger partial charge is 0.313 e. The van der Waals surface area contributed by atoms with Crippen LogP contribution in [0.2, 0.25) is 0 Å². The molecule has 1 amide bonds. The summed E-state index contributed by atoms with van der Waals surface area (Å²) in [7, 11) is -4.38. The monoisotopic (exact) mass is 433 g/mol. The SMILES string of the molecule is CC1=NN(c2ccc(S(=O)(=O)O)cc2)C(=O)[C@@H]1N=Nc1cc(C)cc([N+](=O)[O-])c1O. The van der Waals surface area contributed by atoms with Crippen molar-refractivity contribution < 1.29 is 27.8 Å². The number of carbonyl (C=O) groups excluding carboxylic acids is 1. The number of azo groups is 1. The third-order valence-corrected chi connectivity index (χ3v) is 5.03. The fraction of sp³-hybridized carbons (Fsp3) is 0.176. The highest BCUT2D eigenvalue weighted by Gasteiger charge is 2.35. The molecule has 12 nitrogen and oxygen atoms in total. The van der Waals surface area contributed by atoms with Gasteiger partial charge in [0.1, 0.15) is 5.69 Å². The summed E-state index contributed by atoms with van der Waals surface area (Å²) in [6, 6.07) is 6.22. The number of aryl methyl sites for hydroxylation is 1. The van der Waals surface area contributed by atoms with Crippen molar-refractivity contribution in [1.82, 2.24) is 0 Å². The van der Waals surface area contributed by atoms with Gasteiger partial charge in [-0.1, -0.05) is 0 Å². The number of nitro benzene ring substituents is 1. The molecule has 1 heterocycles. The molecule has 0 saturated heterocycles. The zero-order valence-corrected chi connectivity index (χ0v) is 16.4. The second kappa shape index (κ2) is 7.61. The summed E-state index contributed by atoms with van der Waals surface area (Å²) in [5.74, 6) is -1.27. The molecule has 0 aromatic heterocycles. The molecule has 0 unspecified atom stereocenters. The van der Waals surface area contributed by atoms with Gasteiger partial charge in [0.25, 0.3) is 16.0 Å². The van der Waals surface area contributed by atoms with E-state index in [0.29, 0.717) is 5.56 Å². The molecule has 0 radical (unpaired) electrons. The summed E-state index contributed by atoms with van der Waals surface area (Å²) in [5.41, 5.74) is 0.269. The first kappa shape index (κ1) is 21.0. The molecular weight excluding hydrogens is 418 g/mol. The second-order valence-corrected chi connectivity index (χ2v) is 7.81. The predicted molar refractivity (Wildman–Crippen MR) is 105 cm³/mol. The first-order chi connectivity index (χ1) is 14.0. The number of amides is 1. The van der Waals surface area contributed by atoms with Crippen LogP contribution in [0.25, 0.3) is 0 Å². The Morgan fingerprint density at radius 3 is 2.40 bits per heavy atom. The van der Waals surface area contributed by atoms with Gasteiger partial charge in [0.05, 0.1) is 21.2 Å². The van der Waals surface area contributed by atoms with E-state index in [0.717, 1.165) is 17.1 Å². The lowest BCUT2D eigenvalue weighted by Gasteiger charge is -2.12. The quantitative estimate of drug-likeness (QED) is 0.315. The van der Waals surface area contributed by atoms with E-state index in [1.807, 2.05) is 0 Å². The average molecular weight is 433 g/mol. The number of nitro groups is 1. The van der Waals surface area contributed by atoms with Crippen LogP contribution < -0.4 is 5.01 Å². The minimum absolute atomic E-state index is 0.168. The molecule has 0 fully saturated rings. The van der Waals surface area contributed by atoms with E-state index in [2.05, 4.69) is 15.3 Å². The lowest BCUT2D eigenvalue weighted by Crippen LogP contribution is -2.29. The number of hydrazone groups is 1. The number of carbonyl (C=O) groups is 1. The van der Waals surface area contributed by atoms with Crippen molar-refractivity contribution >= 4 is 38.8 Å². The number of phenolic OH excluding ortho intramolecular Hbond substituents is 1. The van der Waals surface area contributed by atoms with Crippen molar-refractivity contribution in [1.29, 1.82) is 0 Å². The van der Waals surface area contributed by atoms with E-state index in [1.165, 1.54) is 31.2 Å². The Hall–Kier alpha value is -3.71. The number of hydrogen-bond acceptors (Lipinski definition) is 9. The first-order valence-electron chi connectivity index (χ1n) is 8.34. The molecule has 2 aromatic carbocycles. The molecule has 2 N–H and O–H groups in total. The van der Waals surface area contributed by atoms with Gasteiger partial charge in [0, 0.05) is 6.07 Å². The minimum Gasteiger partial charge on any atom is -0.501 e. The Bertz CT molecular complexity index is 1210. The Balaban J connectivity index is 1.87. The van der Waals surface area contributed by atoms with Gasteiger partial charge >= 0.3 is 5.69 Å². The maximum atomic E-state index is 12.7. The van der Waals surface area contributed by atoms with Gasteiger partial charge in [-0.05, 0) is 49.7 Å². The molecule has 1 aliphatic rings. The average Bonchev–Trinajstić information content (AvgIpc) is 2.95. The van der Waals surface area contributed by atoms with Crippen LogP contribution >= 0.6 is 0 Å². The molecule has 0 spiro atoms. The molecule has 0 saturated carbocycles. The summed E-state index contributed by atoms with van der Waals surface area (Å²) in [5, 5.41) is 33.8. The second-order valence-electron chi connectivity index (χ2n) is 6.39. The highest BCUT2D eigenvalue weighted by molar-refractivity contribution is 7.85. The summed E-state index contributed by atoms with van der Waals surface area (Å²) in [6.45, 7) is 3.10. The van der Waals surface area contributed by atoms with Crippen molar-refractivity contribution in [2.75, 3.05) is 5.01 Å². The molecule has 156 valence electrons. The minimum atomic E-state index is -4.38. The van der Waals surface area contributed by atoms with E-state index < -0.39 is 38.4 Å². The van der Waals surface area contributed by atoms with Crippen molar-refractivity contribution in [2.24, 2.45) is 15.3 Å². The third-order valence-electron chi connectivity index (χ3n) is 4.17. The summed E-state index contributed by atoms with van der Waals surface area (Å²) < 4.78 is 31.3. The van der Waals surface area contributed by atoms with Gasteiger partial charge < -0.3 is 5.11 Å². The first-order valence-corrected chi connectivity index (χ1v) is 9.78. The van der Waals surface area contributed by atoms with Gasteiger partial charge in [0.15, 0.2) is 6.04 Å². The molecule has 13 heteroatoms. The Morgan fingerprint density at radius 1 is 1.20 bits per heavy atom. The summed E-state index contributed by atoms with van der Waals surface area (Å²) >= 11 is 0. The topological polar surface area (TPSA) is 175 Å². The molecule has 2 aromatic rings. The number of nitrogens with zero attached hydrogens (tertiary/aromatic N) is 5. The fourth-order valence-corrected chi connectivity index (χ4v) is 3.19. The van der Waals surface area contributed by atoms with Gasteiger partial charge in [-0.15, -0.1) is 0 Å². The number of anilines is 1. The van der Waals surface area contributed by atoms with Crippen LogP contribution in [0, 0.1) is 17.0 Å². The van der Waals surface area contributed by atoms with Gasteiger partial charge in [-0.25, -0.2) is 0 Å². The van der Waals surface area contributed by atoms with E-state index in [-0.39, 0.29) is 22.0 Å². The number of phenols is 1. The number of rotatable bonds is 5. The zero-order valence-electron chi connectivity index (χ0n) is 15.6. The molecule has 0 bridgehead atoms. The number of aromatic hydroxyl groups is 1. The van der Waals surface area contributed by atoms with Crippen LogP contribution in [-0.4, -0.2) is 40.7 Å². The summed E-state index contributed by atoms with van der Waals surface area (Å²) in [6.07, 6.45) is 0. The Labute approximate surface area is 170 Å². The fourth-order valence-electron chi connectivity index (χ4n) is 2.71. The van der Waals surface area contributed by atoms with E-state index in [1.54, 1.807) is 6.92 Å². The van der Waals surface area contributed by atoms with Crippen molar-refractivity contribution in [3.63, 3.8) is 0 Å². The van der Waals surface area contributed by atoms with Gasteiger partial charge in [-0.2, -0.15) is 28.8 Å². The van der Waals surface area contributed by atoms with Gasteiger partial charge in [-0.3, -0.25) is 19.5 Å². The maximum Gasteiger partial charge on any atom is 0.313 e. The largest absolute Gasteiger partial charge is 0.501 e. The van der Waals surface area contributed by atoms with Crippen LogP contribution in [0.5, 0.6) is 5.75 Å². The highest BCUT2D eigenvalue weighted by Crippen LogP contribution is 2.37. The van der Waals surface area contributed by atoms with Crippen LogP contribution in [-0.2, 0) is 14.9 Å². The van der Waals surface area contributed by atoms with Crippen LogP contribution in [0.15, 0.2) is 56.6 Å². The number of hydrogen-bond donors (Lipinski definition) is 2. The third kappa shape index (κ3) is 4.01. The predicted octanol–water partition coefficient (Wildman–Crippen LogP) is 2.73. The molecule has 0 aliphatic carbocycles. The van der Waals surface area contributed by atoms with E-state index in [9.17, 15) is 28.4 Å². The van der Waals surface area contributed by atoms with E-state index in [4.69, 9.17) is 4.55 Å². The normalized spacial score (nSPS) is 16.9. The zero-order chi connectivity index (χ0) is 22.2. The molecular formula is C17H15N5O7S. The molecule has 3 rings (SSSR count). The van der Waals surface area contributed by atoms with Crippen molar-refractivity contribution in [3.05, 3.63) is 52.1 Å². The number of benzene rings is 2. The molecule has 30 heavy (non-hydrogen) atoms. The van der Waals surface area contributed by atoms with Gasteiger partial charge in [0.2, 0.25) is 5.75 Å². The lowest BCUT2D eigenvalue weighted by atomic mass is 10.2. The van der Waals surface area contributed by atoms with Crippen molar-refractivity contribution in [3.8, 4) is 5.75 Å². The molecule has 1 atom stereocenters. The summed E-state index contributed by atoms with van der Waals surface area (Å²) in [4.78, 5) is 22.6. The lowest BCUT2D eigenvalue weighted by molar-refractivity contribution is -0.385. The maximum absolute atomic E-state index is 12.7. The Morgan fingerprint density at radius 2 is 1.83 bits per heavy atom. The van der Waals surface area contributed by atoms with Crippen LogP contribution in [0.1, 0.15) is 12.5 Å². The highest BCUT2D eigenvalue weighted by atomic mass is 32.2. The van der Waals surface area contributed by atoms with Crippen LogP contribution in [0.3, 0.4) is 0 Å². The standard InChI is InChI=1S/C17H15N5O7S/c1-9-7-13(16(23)14(8-9)22(25)26)18-19-15-10(2)20-21(17(15)24)11-3-5-12(6-4-11)30(27,28)29/h3-8,15,23H,1-2H3,(H,27,28,29)/t15-/m1/s1. The Kier molecular flexibility index (Phi) is 5.33. The van der Waals surface area contributed by atoms with Crippen LogP contribution in [0.4, 0.5) is 17.1 Å². The van der Waals surface area contributed by atoms with E-state index >= 15 is 0 Å². The molecule has 1 aliphatic heterocycles.